The Balaban J connectivity index is 1.43. The molecular weight excluding hydrogens is 386 g/mol. The van der Waals surface area contributed by atoms with Crippen LogP contribution in [0.25, 0.3) is 16.9 Å². The molecule has 1 aromatic carbocycles. The van der Waals surface area contributed by atoms with Crippen molar-refractivity contribution in [3.63, 3.8) is 0 Å². The van der Waals surface area contributed by atoms with E-state index in [4.69, 9.17) is 5.10 Å². The number of nitrogens with one attached hydrogen (secondary N) is 1. The van der Waals surface area contributed by atoms with E-state index in [9.17, 15) is 4.79 Å². The van der Waals surface area contributed by atoms with Gasteiger partial charge in [0.1, 0.15) is 5.69 Å². The Morgan fingerprint density at radius 2 is 1.87 bits per heavy atom. The topological polar surface area (TPSA) is 63.1 Å². The van der Waals surface area contributed by atoms with Gasteiger partial charge in [0.05, 0.1) is 11.3 Å². The Bertz CT molecular complexity index is 976. The van der Waals surface area contributed by atoms with Crippen molar-refractivity contribution in [2.45, 2.75) is 26.7 Å². The molecule has 3 aromatic rings. The fourth-order valence-corrected chi connectivity index (χ4v) is 4.54. The molecule has 1 aliphatic heterocycles. The molecule has 2 atom stereocenters. The predicted octanol–water partition coefficient (Wildman–Crippen LogP) is 4.03. The summed E-state index contributed by atoms with van der Waals surface area (Å²) >= 11 is 0. The highest BCUT2D eigenvalue weighted by molar-refractivity contribution is 5.99. The van der Waals surface area contributed by atoms with E-state index < -0.39 is 0 Å². The van der Waals surface area contributed by atoms with E-state index in [2.05, 4.69) is 29.0 Å². The summed E-state index contributed by atoms with van der Waals surface area (Å²) in [5.74, 6) is 1.41. The minimum absolute atomic E-state index is 0.0959. The molecule has 162 valence electrons. The van der Waals surface area contributed by atoms with Crippen LogP contribution in [0.15, 0.2) is 61.1 Å². The summed E-state index contributed by atoms with van der Waals surface area (Å²) in [5.41, 5.74) is 2.96. The van der Waals surface area contributed by atoms with Crippen molar-refractivity contribution in [2.75, 3.05) is 26.2 Å². The quantitative estimate of drug-likeness (QED) is 0.590. The molecule has 2 aromatic heterocycles. The van der Waals surface area contributed by atoms with Crippen molar-refractivity contribution >= 4 is 5.91 Å². The second-order valence-electron chi connectivity index (χ2n) is 8.73. The second-order valence-corrected chi connectivity index (χ2v) is 8.73. The van der Waals surface area contributed by atoms with Gasteiger partial charge in [-0.2, -0.15) is 5.10 Å². The highest BCUT2D eigenvalue weighted by Gasteiger charge is 2.22. The highest BCUT2D eigenvalue weighted by Crippen LogP contribution is 2.23. The predicted molar refractivity (Wildman–Crippen MR) is 123 cm³/mol. The molecule has 31 heavy (non-hydrogen) atoms. The Kier molecular flexibility index (Phi) is 6.77. The van der Waals surface area contributed by atoms with Gasteiger partial charge in [0, 0.05) is 43.8 Å². The SMILES string of the molecule is CC1CC(C)CN(CCCNC(=O)c2cn(-c3ccccc3)nc2-c2cccnc2)C1. The van der Waals surface area contributed by atoms with E-state index >= 15 is 0 Å². The first-order chi connectivity index (χ1) is 15.1. The van der Waals surface area contributed by atoms with Crippen molar-refractivity contribution < 1.29 is 4.79 Å². The van der Waals surface area contributed by atoms with Crippen molar-refractivity contribution in [1.29, 1.82) is 0 Å². The number of benzene rings is 1. The van der Waals surface area contributed by atoms with Crippen LogP contribution in [-0.2, 0) is 0 Å². The number of pyridine rings is 1. The number of aromatic nitrogens is 3. The van der Waals surface area contributed by atoms with Gasteiger partial charge in [0.2, 0.25) is 0 Å². The lowest BCUT2D eigenvalue weighted by atomic mass is 9.92. The average molecular weight is 418 g/mol. The third-order valence-electron chi connectivity index (χ3n) is 5.80. The molecule has 1 amide bonds. The maximum absolute atomic E-state index is 13.0. The lowest BCUT2D eigenvalue weighted by Gasteiger charge is -2.34. The van der Waals surface area contributed by atoms with Gasteiger partial charge < -0.3 is 10.2 Å². The summed E-state index contributed by atoms with van der Waals surface area (Å²) < 4.78 is 1.76. The van der Waals surface area contributed by atoms with Crippen LogP contribution in [0.4, 0.5) is 0 Å². The number of amides is 1. The van der Waals surface area contributed by atoms with Gasteiger partial charge in [-0.1, -0.05) is 32.0 Å². The van der Waals surface area contributed by atoms with Crippen molar-refractivity contribution in [2.24, 2.45) is 11.8 Å². The number of carbonyl (C=O) groups excluding carboxylic acids is 1. The first-order valence-corrected chi connectivity index (χ1v) is 11.2. The number of carbonyl (C=O) groups is 1. The molecule has 1 N–H and O–H groups in total. The van der Waals surface area contributed by atoms with Gasteiger partial charge in [-0.05, 0) is 55.5 Å². The third kappa shape index (κ3) is 5.39. The number of rotatable bonds is 7. The molecule has 3 heterocycles. The van der Waals surface area contributed by atoms with Crippen molar-refractivity contribution in [3.8, 4) is 16.9 Å². The highest BCUT2D eigenvalue weighted by atomic mass is 16.1. The first-order valence-electron chi connectivity index (χ1n) is 11.2. The van der Waals surface area contributed by atoms with Gasteiger partial charge in [-0.3, -0.25) is 9.78 Å². The zero-order valence-electron chi connectivity index (χ0n) is 18.4. The van der Waals surface area contributed by atoms with Crippen LogP contribution < -0.4 is 5.32 Å². The van der Waals surface area contributed by atoms with Gasteiger partial charge >= 0.3 is 0 Å². The molecule has 0 spiro atoms. The summed E-state index contributed by atoms with van der Waals surface area (Å²) in [6, 6.07) is 13.6. The van der Waals surface area contributed by atoms with E-state index in [1.54, 1.807) is 23.3 Å². The summed E-state index contributed by atoms with van der Waals surface area (Å²) in [4.78, 5) is 19.8. The molecule has 1 aliphatic rings. The second kappa shape index (κ2) is 9.88. The lowest BCUT2D eigenvalue weighted by Crippen LogP contribution is -2.40. The van der Waals surface area contributed by atoms with Crippen LogP contribution in [0.5, 0.6) is 0 Å². The molecule has 1 saturated heterocycles. The molecule has 4 rings (SSSR count). The smallest absolute Gasteiger partial charge is 0.255 e. The van der Waals surface area contributed by atoms with Gasteiger partial charge in [0.25, 0.3) is 5.91 Å². The number of nitrogens with zero attached hydrogens (tertiary/aromatic N) is 4. The molecule has 6 nitrogen and oxygen atoms in total. The molecule has 1 fully saturated rings. The Hall–Kier alpha value is -2.99. The number of likely N-dealkylation sites (tertiary alicyclic amines) is 1. The summed E-state index contributed by atoms with van der Waals surface area (Å²) in [6.07, 6.45) is 7.53. The van der Waals surface area contributed by atoms with Crippen LogP contribution >= 0.6 is 0 Å². The fraction of sp³-hybridized carbons (Fsp3) is 0.400. The molecule has 0 bridgehead atoms. The van der Waals surface area contributed by atoms with Crippen molar-refractivity contribution in [1.82, 2.24) is 25.0 Å². The number of piperidine rings is 1. The Morgan fingerprint density at radius 3 is 2.58 bits per heavy atom. The minimum Gasteiger partial charge on any atom is -0.352 e. The Morgan fingerprint density at radius 1 is 1.10 bits per heavy atom. The van der Waals surface area contributed by atoms with E-state index in [-0.39, 0.29) is 5.91 Å². The third-order valence-corrected chi connectivity index (χ3v) is 5.80. The summed E-state index contributed by atoms with van der Waals surface area (Å²) in [6.45, 7) is 8.65. The molecule has 0 aliphatic carbocycles. The van der Waals surface area contributed by atoms with E-state index in [0.717, 1.165) is 49.1 Å². The summed E-state index contributed by atoms with van der Waals surface area (Å²) in [5, 5.41) is 7.79. The van der Waals surface area contributed by atoms with Crippen LogP contribution in [0.3, 0.4) is 0 Å². The maximum atomic E-state index is 13.0. The Labute approximate surface area is 184 Å². The van der Waals surface area contributed by atoms with Crippen LogP contribution in [0, 0.1) is 11.8 Å². The monoisotopic (exact) mass is 417 g/mol. The molecule has 2 unspecified atom stereocenters. The zero-order valence-corrected chi connectivity index (χ0v) is 18.4. The van der Waals surface area contributed by atoms with Crippen LogP contribution in [0.2, 0.25) is 0 Å². The molecule has 0 radical (unpaired) electrons. The normalized spacial score (nSPS) is 19.3. The van der Waals surface area contributed by atoms with Gasteiger partial charge in [0.15, 0.2) is 0 Å². The van der Waals surface area contributed by atoms with Gasteiger partial charge in [-0.25, -0.2) is 4.68 Å². The number of para-hydroxylation sites is 1. The largest absolute Gasteiger partial charge is 0.352 e. The van der Waals surface area contributed by atoms with E-state index in [0.29, 0.717) is 17.8 Å². The lowest BCUT2D eigenvalue weighted by molar-refractivity contribution is 0.0948. The fourth-order valence-electron chi connectivity index (χ4n) is 4.54. The van der Waals surface area contributed by atoms with E-state index in [1.165, 1.54) is 6.42 Å². The van der Waals surface area contributed by atoms with Gasteiger partial charge in [-0.15, -0.1) is 0 Å². The van der Waals surface area contributed by atoms with Crippen LogP contribution in [0.1, 0.15) is 37.0 Å². The molecule has 6 heteroatoms. The minimum atomic E-state index is -0.0959. The first kappa shape index (κ1) is 21.2. The van der Waals surface area contributed by atoms with Crippen molar-refractivity contribution in [3.05, 3.63) is 66.6 Å². The standard InChI is InChI=1S/C25H31N5O/c1-19-14-20(2)17-29(16-19)13-7-12-27-25(31)23-18-30(22-9-4-3-5-10-22)28-24(23)21-8-6-11-26-15-21/h3-6,8-11,15,18-20H,7,12-14,16-17H2,1-2H3,(H,27,31). The average Bonchev–Trinajstić information content (AvgIpc) is 3.23. The maximum Gasteiger partial charge on any atom is 0.255 e. The zero-order chi connectivity index (χ0) is 21.6. The number of hydrogen-bond acceptors (Lipinski definition) is 4. The molecular formula is C25H31N5O. The van der Waals surface area contributed by atoms with E-state index in [1.807, 2.05) is 42.5 Å². The molecule has 0 saturated carbocycles. The number of hydrogen-bond donors (Lipinski definition) is 1. The van der Waals surface area contributed by atoms with Crippen LogP contribution in [-0.4, -0.2) is 51.8 Å². The summed E-state index contributed by atoms with van der Waals surface area (Å²) in [7, 11) is 0.